The molecule has 2 aromatic rings. The average molecular weight is 380 g/mol. The van der Waals surface area contributed by atoms with Gasteiger partial charge in [0, 0.05) is 11.6 Å². The molecule has 1 aliphatic carbocycles. The monoisotopic (exact) mass is 379 g/mol. The molecule has 0 radical (unpaired) electrons. The number of rotatable bonds is 5. The van der Waals surface area contributed by atoms with Crippen molar-refractivity contribution in [2.75, 3.05) is 11.6 Å². The number of nitrogen functional groups attached to an aromatic ring is 1. The number of amides is 1. The molecule has 134 valence electrons. The van der Waals surface area contributed by atoms with Gasteiger partial charge in [0.2, 0.25) is 11.1 Å². The molecule has 25 heavy (non-hydrogen) atoms. The van der Waals surface area contributed by atoms with Crippen LogP contribution in [0.25, 0.3) is 11.4 Å². The molecule has 1 amide bonds. The molecule has 0 spiro atoms. The van der Waals surface area contributed by atoms with Crippen molar-refractivity contribution in [3.8, 4) is 11.4 Å². The maximum absolute atomic E-state index is 12.2. The van der Waals surface area contributed by atoms with E-state index in [9.17, 15) is 4.79 Å². The van der Waals surface area contributed by atoms with Gasteiger partial charge in [0.25, 0.3) is 0 Å². The smallest absolute Gasteiger partial charge is 0.230 e. The third-order valence-corrected chi connectivity index (χ3v) is 5.84. The summed E-state index contributed by atoms with van der Waals surface area (Å²) in [6, 6.07) is 7.59. The third-order valence-electron chi connectivity index (χ3n) is 4.57. The Morgan fingerprint density at radius 2 is 2.12 bits per heavy atom. The topological polar surface area (TPSA) is 85.8 Å². The Morgan fingerprint density at radius 1 is 1.36 bits per heavy atom. The zero-order valence-electron chi connectivity index (χ0n) is 14.1. The van der Waals surface area contributed by atoms with Crippen molar-refractivity contribution in [2.45, 2.75) is 43.8 Å². The lowest BCUT2D eigenvalue weighted by Gasteiger charge is -2.29. The van der Waals surface area contributed by atoms with Gasteiger partial charge in [-0.2, -0.15) is 0 Å². The minimum absolute atomic E-state index is 0.00560. The quantitative estimate of drug-likeness (QED) is 0.615. The molecular weight excluding hydrogens is 358 g/mol. The van der Waals surface area contributed by atoms with Gasteiger partial charge in [0.15, 0.2) is 5.82 Å². The summed E-state index contributed by atoms with van der Waals surface area (Å²) in [4.78, 5) is 12.2. The van der Waals surface area contributed by atoms with E-state index in [1.807, 2.05) is 18.2 Å². The molecule has 1 heterocycles. The van der Waals surface area contributed by atoms with Crippen LogP contribution >= 0.6 is 23.4 Å². The Balaban J connectivity index is 1.60. The van der Waals surface area contributed by atoms with Gasteiger partial charge in [-0.1, -0.05) is 55.3 Å². The summed E-state index contributed by atoms with van der Waals surface area (Å²) in [5, 5.41) is 12.4. The van der Waals surface area contributed by atoms with Crippen LogP contribution in [-0.4, -0.2) is 32.6 Å². The fourth-order valence-corrected chi connectivity index (χ4v) is 4.00. The van der Waals surface area contributed by atoms with Crippen LogP contribution in [0.15, 0.2) is 29.4 Å². The van der Waals surface area contributed by atoms with Crippen LogP contribution in [0.2, 0.25) is 5.02 Å². The zero-order valence-corrected chi connectivity index (χ0v) is 15.7. The first-order valence-electron chi connectivity index (χ1n) is 8.44. The lowest BCUT2D eigenvalue weighted by molar-refractivity contribution is -0.119. The number of benzene rings is 1. The maximum atomic E-state index is 12.2. The summed E-state index contributed by atoms with van der Waals surface area (Å²) in [6.45, 7) is 2.20. The van der Waals surface area contributed by atoms with Crippen LogP contribution in [0, 0.1) is 5.92 Å². The number of carbonyl (C=O) groups is 1. The fourth-order valence-electron chi connectivity index (χ4n) is 3.11. The van der Waals surface area contributed by atoms with Gasteiger partial charge in [0.05, 0.1) is 10.8 Å². The van der Waals surface area contributed by atoms with Gasteiger partial charge in [-0.15, -0.1) is 10.2 Å². The van der Waals surface area contributed by atoms with Crippen LogP contribution < -0.4 is 11.2 Å². The normalized spacial score (nSPS) is 20.4. The molecule has 3 N–H and O–H groups in total. The minimum atomic E-state index is 0.00560. The van der Waals surface area contributed by atoms with Crippen molar-refractivity contribution >= 4 is 29.3 Å². The van der Waals surface area contributed by atoms with Gasteiger partial charge in [-0.3, -0.25) is 4.79 Å². The number of hydrogen-bond acceptors (Lipinski definition) is 5. The Labute approximate surface area is 156 Å². The van der Waals surface area contributed by atoms with E-state index in [4.69, 9.17) is 17.4 Å². The number of aromatic nitrogens is 3. The van der Waals surface area contributed by atoms with E-state index >= 15 is 0 Å². The van der Waals surface area contributed by atoms with Crippen molar-refractivity contribution in [1.29, 1.82) is 0 Å². The summed E-state index contributed by atoms with van der Waals surface area (Å²) < 4.78 is 1.38. The summed E-state index contributed by atoms with van der Waals surface area (Å²) in [6.07, 6.45) is 4.67. The molecule has 1 aliphatic rings. The lowest BCUT2D eigenvalue weighted by atomic mass is 9.86. The first kappa shape index (κ1) is 18.1. The second-order valence-electron chi connectivity index (χ2n) is 6.38. The van der Waals surface area contributed by atoms with Gasteiger partial charge in [0.1, 0.15) is 0 Å². The lowest BCUT2D eigenvalue weighted by Crippen LogP contribution is -2.41. The number of carbonyl (C=O) groups excluding carboxylic acids is 1. The highest BCUT2D eigenvalue weighted by molar-refractivity contribution is 7.99. The third kappa shape index (κ3) is 4.27. The van der Waals surface area contributed by atoms with Crippen molar-refractivity contribution in [1.82, 2.24) is 20.2 Å². The Morgan fingerprint density at radius 3 is 2.88 bits per heavy atom. The molecule has 3 rings (SSSR count). The average Bonchev–Trinajstić information content (AvgIpc) is 2.96. The first-order chi connectivity index (χ1) is 12.1. The molecule has 8 heteroatoms. The summed E-state index contributed by atoms with van der Waals surface area (Å²) >= 11 is 7.46. The van der Waals surface area contributed by atoms with E-state index < -0.39 is 0 Å². The largest absolute Gasteiger partial charge is 0.352 e. The molecule has 1 aromatic heterocycles. The van der Waals surface area contributed by atoms with E-state index in [2.05, 4.69) is 22.4 Å². The van der Waals surface area contributed by atoms with Crippen LogP contribution in [0.5, 0.6) is 0 Å². The molecule has 6 nitrogen and oxygen atoms in total. The molecule has 0 saturated heterocycles. The minimum Gasteiger partial charge on any atom is -0.352 e. The SMILES string of the molecule is CC1CCCCC1NC(=O)CSc1nnc(-c2ccccc2Cl)n1N. The van der Waals surface area contributed by atoms with Gasteiger partial charge < -0.3 is 11.2 Å². The highest BCUT2D eigenvalue weighted by atomic mass is 35.5. The summed E-state index contributed by atoms with van der Waals surface area (Å²) in [5.74, 6) is 7.36. The molecule has 0 bridgehead atoms. The van der Waals surface area contributed by atoms with E-state index in [-0.39, 0.29) is 17.7 Å². The maximum Gasteiger partial charge on any atom is 0.230 e. The van der Waals surface area contributed by atoms with E-state index in [1.54, 1.807) is 6.07 Å². The van der Waals surface area contributed by atoms with Crippen molar-refractivity contribution < 1.29 is 4.79 Å². The van der Waals surface area contributed by atoms with Crippen molar-refractivity contribution in [2.24, 2.45) is 5.92 Å². The van der Waals surface area contributed by atoms with E-state index in [0.717, 1.165) is 6.42 Å². The fraction of sp³-hybridized carbons (Fsp3) is 0.471. The van der Waals surface area contributed by atoms with Gasteiger partial charge in [-0.05, 0) is 30.9 Å². The number of thioether (sulfide) groups is 1. The molecule has 2 unspecified atom stereocenters. The highest BCUT2D eigenvalue weighted by Crippen LogP contribution is 2.28. The molecule has 1 fully saturated rings. The summed E-state index contributed by atoms with van der Waals surface area (Å²) in [7, 11) is 0. The number of nitrogens with two attached hydrogens (primary N) is 1. The summed E-state index contributed by atoms with van der Waals surface area (Å²) in [5.41, 5.74) is 0.714. The number of nitrogens with zero attached hydrogens (tertiary/aromatic N) is 3. The Hall–Kier alpha value is -1.73. The molecular formula is C17H22ClN5OS. The number of nitrogens with one attached hydrogen (secondary N) is 1. The van der Waals surface area contributed by atoms with Crippen LogP contribution in [0.1, 0.15) is 32.6 Å². The van der Waals surface area contributed by atoms with E-state index in [0.29, 0.717) is 27.5 Å². The molecule has 1 saturated carbocycles. The van der Waals surface area contributed by atoms with Crippen LogP contribution in [0.3, 0.4) is 0 Å². The van der Waals surface area contributed by atoms with Crippen molar-refractivity contribution in [3.05, 3.63) is 29.3 Å². The van der Waals surface area contributed by atoms with E-state index in [1.165, 1.54) is 35.7 Å². The predicted octanol–water partition coefficient (Wildman–Crippen LogP) is 3.10. The van der Waals surface area contributed by atoms with Gasteiger partial charge >= 0.3 is 0 Å². The first-order valence-corrected chi connectivity index (χ1v) is 9.80. The standard InChI is InChI=1S/C17H22ClN5OS/c1-11-6-2-5-9-14(11)20-15(24)10-25-17-22-21-16(23(17)19)12-7-3-4-8-13(12)18/h3-4,7-8,11,14H,2,5-6,9-10,19H2,1H3,(H,20,24). The van der Waals surface area contributed by atoms with Crippen LogP contribution in [-0.2, 0) is 4.79 Å². The second-order valence-corrected chi connectivity index (χ2v) is 7.73. The molecule has 0 aliphatic heterocycles. The Bertz CT molecular complexity index is 750. The van der Waals surface area contributed by atoms with Crippen LogP contribution in [0.4, 0.5) is 0 Å². The molecule has 1 aromatic carbocycles. The Kier molecular flexibility index (Phi) is 5.86. The predicted molar refractivity (Wildman–Crippen MR) is 101 cm³/mol. The number of halogens is 1. The van der Waals surface area contributed by atoms with Crippen molar-refractivity contribution in [3.63, 3.8) is 0 Å². The molecule has 2 atom stereocenters. The number of hydrogen-bond donors (Lipinski definition) is 2. The second kappa shape index (κ2) is 8.10. The zero-order chi connectivity index (χ0) is 17.8. The van der Waals surface area contributed by atoms with Gasteiger partial charge in [-0.25, -0.2) is 4.68 Å². The highest BCUT2D eigenvalue weighted by Gasteiger charge is 2.23.